The smallest absolute Gasteiger partial charge is 0.0149 e. The molecule has 0 nitrogen and oxygen atoms in total. The predicted octanol–water partition coefficient (Wildman–Crippen LogP) is 2.05. The Hall–Kier alpha value is -0.780. The van der Waals surface area contributed by atoms with Crippen molar-refractivity contribution in [2.45, 2.75) is 13.3 Å². The highest BCUT2D eigenvalue weighted by Crippen LogP contribution is 1.95. The van der Waals surface area contributed by atoms with Crippen LogP contribution in [-0.4, -0.2) is 0 Å². The van der Waals surface area contributed by atoms with Gasteiger partial charge in [0, 0.05) is 0 Å². The molecule has 0 bridgehead atoms. The van der Waals surface area contributed by atoms with Crippen LogP contribution in [0.3, 0.4) is 0 Å². The van der Waals surface area contributed by atoms with E-state index in [1.165, 1.54) is 5.56 Å². The maximum absolute atomic E-state index is 3.12. The Morgan fingerprint density at radius 1 is 1.50 bits per heavy atom. The average Bonchev–Trinajstić information content (AvgIpc) is 1.90. The van der Waals surface area contributed by atoms with Crippen LogP contribution in [0.15, 0.2) is 24.3 Å². The molecule has 0 unspecified atom stereocenters. The van der Waals surface area contributed by atoms with Crippen LogP contribution < -0.4 is 0 Å². The van der Waals surface area contributed by atoms with E-state index in [1.807, 2.05) is 18.2 Å². The molecule has 0 aromatic heterocycles. The van der Waals surface area contributed by atoms with Crippen LogP contribution in [0.1, 0.15) is 12.5 Å². The van der Waals surface area contributed by atoms with Gasteiger partial charge in [-0.15, -0.1) is 0 Å². The zero-order chi connectivity index (χ0) is 5.82. The molecular weight excluding hydrogens is 96.1 g/mol. The van der Waals surface area contributed by atoms with E-state index in [9.17, 15) is 0 Å². The van der Waals surface area contributed by atoms with Gasteiger partial charge in [0.05, 0.1) is 0 Å². The Kier molecular flexibility index (Phi) is 1.68. The minimum Gasteiger partial charge on any atom is -0.0620 e. The van der Waals surface area contributed by atoms with Gasteiger partial charge >= 0.3 is 0 Å². The van der Waals surface area contributed by atoms with Gasteiger partial charge in [0.2, 0.25) is 0 Å². The van der Waals surface area contributed by atoms with E-state index in [2.05, 4.69) is 19.1 Å². The largest absolute Gasteiger partial charge is 0.0620 e. The molecule has 0 fully saturated rings. The summed E-state index contributed by atoms with van der Waals surface area (Å²) in [6.07, 6.45) is 1.08. The van der Waals surface area contributed by atoms with Crippen molar-refractivity contribution in [2.75, 3.05) is 0 Å². The molecule has 1 rings (SSSR count). The highest BCUT2D eigenvalue weighted by molar-refractivity contribution is 5.12. The standard InChI is InChI=1S/C8H9/c1-2-8-6-4-3-5-7-8/h3-6H,2H2,1H3. The molecular formula is C8H9. The summed E-state index contributed by atoms with van der Waals surface area (Å²) in [4.78, 5) is 0. The van der Waals surface area contributed by atoms with Gasteiger partial charge < -0.3 is 0 Å². The van der Waals surface area contributed by atoms with E-state index < -0.39 is 0 Å². The van der Waals surface area contributed by atoms with Crippen LogP contribution >= 0.6 is 0 Å². The van der Waals surface area contributed by atoms with Crippen molar-refractivity contribution in [1.82, 2.24) is 0 Å². The first-order valence-corrected chi connectivity index (χ1v) is 2.89. The molecule has 1 aromatic rings. The quantitative estimate of drug-likeness (QED) is 0.512. The van der Waals surface area contributed by atoms with Gasteiger partial charge in [-0.25, -0.2) is 0 Å². The third kappa shape index (κ3) is 1.09. The van der Waals surface area contributed by atoms with Crippen LogP contribution in [-0.2, 0) is 6.42 Å². The van der Waals surface area contributed by atoms with E-state index in [0.29, 0.717) is 0 Å². The first-order valence-electron chi connectivity index (χ1n) is 2.89. The molecule has 1 radical (unpaired) electrons. The first-order chi connectivity index (χ1) is 3.93. The highest BCUT2D eigenvalue weighted by atomic mass is 13.9. The Labute approximate surface area is 50.2 Å². The fraction of sp³-hybridized carbons (Fsp3) is 0.250. The number of aryl methyl sites for hydroxylation is 1. The Morgan fingerprint density at radius 3 is 2.75 bits per heavy atom. The third-order valence-electron chi connectivity index (χ3n) is 1.15. The average molecular weight is 105 g/mol. The topological polar surface area (TPSA) is 0 Å². The van der Waals surface area contributed by atoms with Crippen LogP contribution in [0.5, 0.6) is 0 Å². The van der Waals surface area contributed by atoms with Gasteiger partial charge in [-0.1, -0.05) is 31.2 Å². The van der Waals surface area contributed by atoms with Crippen LogP contribution in [0.4, 0.5) is 0 Å². The van der Waals surface area contributed by atoms with Gasteiger partial charge in [0.25, 0.3) is 0 Å². The lowest BCUT2D eigenvalue weighted by atomic mass is 10.2. The molecule has 0 atom stereocenters. The Morgan fingerprint density at radius 2 is 2.38 bits per heavy atom. The minimum atomic E-state index is 1.08. The monoisotopic (exact) mass is 105 g/mol. The molecule has 0 heteroatoms. The molecule has 1 aromatic carbocycles. The summed E-state index contributed by atoms with van der Waals surface area (Å²) in [5, 5.41) is 0. The van der Waals surface area contributed by atoms with Gasteiger partial charge in [0.1, 0.15) is 0 Å². The van der Waals surface area contributed by atoms with Crippen molar-refractivity contribution in [3.8, 4) is 0 Å². The Bertz CT molecular complexity index is 141. The van der Waals surface area contributed by atoms with Crippen molar-refractivity contribution < 1.29 is 0 Å². The van der Waals surface area contributed by atoms with Crippen molar-refractivity contribution >= 4 is 0 Å². The van der Waals surface area contributed by atoms with E-state index in [-0.39, 0.29) is 0 Å². The molecule has 0 aliphatic heterocycles. The normalized spacial score (nSPS) is 9.12. The summed E-state index contributed by atoms with van der Waals surface area (Å²) in [5.41, 5.74) is 1.28. The number of rotatable bonds is 1. The van der Waals surface area contributed by atoms with Crippen molar-refractivity contribution in [1.29, 1.82) is 0 Å². The lowest BCUT2D eigenvalue weighted by Crippen LogP contribution is -1.74. The van der Waals surface area contributed by atoms with Gasteiger partial charge in [-0.05, 0) is 18.1 Å². The Balaban J connectivity index is 2.83. The maximum Gasteiger partial charge on any atom is -0.0149 e. The molecule has 0 heterocycles. The lowest BCUT2D eigenvalue weighted by molar-refractivity contribution is 1.14. The second-order valence-electron chi connectivity index (χ2n) is 1.74. The summed E-state index contributed by atoms with van der Waals surface area (Å²) < 4.78 is 0. The molecule has 0 spiro atoms. The zero-order valence-electron chi connectivity index (χ0n) is 5.02. The SMILES string of the molecule is CCc1[c]cccc1. The second-order valence-corrected chi connectivity index (χ2v) is 1.74. The fourth-order valence-corrected chi connectivity index (χ4v) is 0.650. The van der Waals surface area contributed by atoms with Crippen molar-refractivity contribution in [2.24, 2.45) is 0 Å². The van der Waals surface area contributed by atoms with Crippen LogP contribution in [0, 0.1) is 6.07 Å². The van der Waals surface area contributed by atoms with Gasteiger partial charge in [-0.2, -0.15) is 0 Å². The summed E-state index contributed by atoms with van der Waals surface area (Å²) >= 11 is 0. The lowest BCUT2D eigenvalue weighted by Gasteiger charge is -1.88. The highest BCUT2D eigenvalue weighted by Gasteiger charge is 1.80. The number of hydrogen-bond donors (Lipinski definition) is 0. The van der Waals surface area contributed by atoms with E-state index in [4.69, 9.17) is 0 Å². The van der Waals surface area contributed by atoms with E-state index >= 15 is 0 Å². The van der Waals surface area contributed by atoms with Crippen LogP contribution in [0.2, 0.25) is 0 Å². The summed E-state index contributed by atoms with van der Waals surface area (Å²) in [5.74, 6) is 0. The maximum atomic E-state index is 3.12. The second kappa shape index (κ2) is 2.51. The molecule has 8 heavy (non-hydrogen) atoms. The molecule has 0 N–H and O–H groups in total. The number of benzene rings is 1. The predicted molar refractivity (Wildman–Crippen MR) is 34.7 cm³/mol. The fourth-order valence-electron chi connectivity index (χ4n) is 0.650. The minimum absolute atomic E-state index is 1.08. The summed E-state index contributed by atoms with van der Waals surface area (Å²) in [7, 11) is 0. The van der Waals surface area contributed by atoms with E-state index in [1.54, 1.807) is 0 Å². The van der Waals surface area contributed by atoms with Crippen LogP contribution in [0.25, 0.3) is 0 Å². The molecule has 0 aliphatic rings. The number of hydrogen-bond acceptors (Lipinski definition) is 0. The molecule has 0 aliphatic carbocycles. The van der Waals surface area contributed by atoms with E-state index in [0.717, 1.165) is 6.42 Å². The molecule has 0 saturated carbocycles. The molecule has 0 saturated heterocycles. The zero-order valence-corrected chi connectivity index (χ0v) is 5.02. The summed E-state index contributed by atoms with van der Waals surface area (Å²) in [6.45, 7) is 2.13. The third-order valence-corrected chi connectivity index (χ3v) is 1.15. The molecule has 0 amide bonds. The molecule has 41 valence electrons. The first kappa shape index (κ1) is 5.36. The van der Waals surface area contributed by atoms with Gasteiger partial charge in [-0.3, -0.25) is 0 Å². The summed E-state index contributed by atoms with van der Waals surface area (Å²) in [6, 6.07) is 11.2. The van der Waals surface area contributed by atoms with Gasteiger partial charge in [0.15, 0.2) is 0 Å². The van der Waals surface area contributed by atoms with Crippen molar-refractivity contribution in [3.63, 3.8) is 0 Å². The van der Waals surface area contributed by atoms with Crippen molar-refractivity contribution in [3.05, 3.63) is 35.9 Å².